The molecule has 0 bridgehead atoms. The maximum absolute atomic E-state index is 13.0. The lowest BCUT2D eigenvalue weighted by Gasteiger charge is -2.20. The Balaban J connectivity index is 0.000000282. The average Bonchev–Trinajstić information content (AvgIpc) is 3.22. The number of aliphatic imine (C=N–C) groups is 1. The number of nitrogens with zero attached hydrogens (tertiary/aromatic N) is 2. The van der Waals surface area contributed by atoms with Gasteiger partial charge in [0.05, 0.1) is 0 Å². The molecule has 0 radical (unpaired) electrons. The highest BCUT2D eigenvalue weighted by Crippen LogP contribution is 2.37. The summed E-state index contributed by atoms with van der Waals surface area (Å²) >= 11 is 0. The molecular formula is C27H26N2O2. The lowest BCUT2D eigenvalue weighted by Crippen LogP contribution is -2.37. The second kappa shape index (κ2) is 9.43. The summed E-state index contributed by atoms with van der Waals surface area (Å²) in [5.41, 5.74) is 4.36. The Morgan fingerprint density at radius 3 is 2.29 bits per heavy atom. The van der Waals surface area contributed by atoms with Gasteiger partial charge in [-0.1, -0.05) is 84.4 Å². The molecule has 2 atom stereocenters. The zero-order valence-corrected chi connectivity index (χ0v) is 17.6. The highest BCUT2D eigenvalue weighted by Gasteiger charge is 2.43. The molecule has 31 heavy (non-hydrogen) atoms. The van der Waals surface area contributed by atoms with Gasteiger partial charge >= 0.3 is 0 Å². The summed E-state index contributed by atoms with van der Waals surface area (Å²) in [6, 6.07) is 27.5. The fourth-order valence-electron chi connectivity index (χ4n) is 3.82. The lowest BCUT2D eigenvalue weighted by molar-refractivity contribution is -0.133. The van der Waals surface area contributed by atoms with Gasteiger partial charge in [0.1, 0.15) is 0 Å². The summed E-state index contributed by atoms with van der Waals surface area (Å²) in [7, 11) is 0. The van der Waals surface area contributed by atoms with Crippen LogP contribution in [0.15, 0.2) is 103 Å². The van der Waals surface area contributed by atoms with Crippen molar-refractivity contribution in [2.45, 2.75) is 25.6 Å². The normalized spacial score (nSPS) is 19.1. The largest absolute Gasteiger partial charge is 0.466 e. The predicted octanol–water partition coefficient (Wildman–Crippen LogP) is 5.10. The number of amides is 1. The summed E-state index contributed by atoms with van der Waals surface area (Å²) in [5, 5.41) is 0. The molecule has 0 aromatic heterocycles. The first-order valence-electron chi connectivity index (χ1n) is 10.5. The predicted molar refractivity (Wildman–Crippen MR) is 124 cm³/mol. The molecule has 4 heteroatoms. The molecule has 3 aromatic rings. The molecule has 2 heterocycles. The van der Waals surface area contributed by atoms with Crippen LogP contribution in [0.1, 0.15) is 28.4 Å². The zero-order chi connectivity index (χ0) is 21.6. The minimum absolute atomic E-state index is 0.0120. The lowest BCUT2D eigenvalue weighted by atomic mass is 9.99. The van der Waals surface area contributed by atoms with E-state index in [1.807, 2.05) is 72.8 Å². The van der Waals surface area contributed by atoms with Crippen LogP contribution in [0, 0.1) is 6.92 Å². The van der Waals surface area contributed by atoms with Crippen LogP contribution < -0.4 is 0 Å². The van der Waals surface area contributed by atoms with Crippen molar-refractivity contribution in [2.75, 3.05) is 6.54 Å². The highest BCUT2D eigenvalue weighted by molar-refractivity contribution is 5.99. The SMILES string of the molecule is C=CCN1Cc2ccccc2C2OC(c3ccccc3)=NC2C1=O.Cc1ccccc1. The first-order valence-corrected chi connectivity index (χ1v) is 10.5. The van der Waals surface area contributed by atoms with Crippen molar-refractivity contribution < 1.29 is 9.53 Å². The second-order valence-electron chi connectivity index (χ2n) is 7.64. The number of hydrogen-bond acceptors (Lipinski definition) is 3. The van der Waals surface area contributed by atoms with E-state index in [2.05, 4.69) is 30.6 Å². The molecule has 5 rings (SSSR count). The number of ether oxygens (including phenoxy) is 1. The Labute approximate surface area is 183 Å². The zero-order valence-electron chi connectivity index (χ0n) is 17.6. The summed E-state index contributed by atoms with van der Waals surface area (Å²) in [6.45, 7) is 6.92. The van der Waals surface area contributed by atoms with E-state index in [1.54, 1.807) is 11.0 Å². The summed E-state index contributed by atoms with van der Waals surface area (Å²) < 4.78 is 6.13. The van der Waals surface area contributed by atoms with Crippen LogP contribution in [-0.4, -0.2) is 29.3 Å². The smallest absolute Gasteiger partial charge is 0.252 e. The summed E-state index contributed by atoms with van der Waals surface area (Å²) in [4.78, 5) is 19.4. The third kappa shape index (κ3) is 4.58. The van der Waals surface area contributed by atoms with Gasteiger partial charge in [-0.05, 0) is 24.6 Å². The van der Waals surface area contributed by atoms with E-state index in [1.165, 1.54) is 5.56 Å². The second-order valence-corrected chi connectivity index (χ2v) is 7.64. The number of hydrogen-bond donors (Lipinski definition) is 0. The molecule has 1 amide bonds. The van der Waals surface area contributed by atoms with Gasteiger partial charge in [0.25, 0.3) is 5.91 Å². The van der Waals surface area contributed by atoms with Crippen LogP contribution in [0.5, 0.6) is 0 Å². The molecule has 2 unspecified atom stereocenters. The molecule has 2 aliphatic rings. The third-order valence-corrected chi connectivity index (χ3v) is 5.38. The van der Waals surface area contributed by atoms with Crippen molar-refractivity contribution in [1.82, 2.24) is 4.90 Å². The highest BCUT2D eigenvalue weighted by atomic mass is 16.5. The minimum Gasteiger partial charge on any atom is -0.466 e. The molecule has 0 aliphatic carbocycles. The topological polar surface area (TPSA) is 41.9 Å². The van der Waals surface area contributed by atoms with Crippen molar-refractivity contribution in [1.29, 1.82) is 0 Å². The molecule has 156 valence electrons. The molecule has 0 saturated heterocycles. The van der Waals surface area contributed by atoms with Crippen molar-refractivity contribution in [2.24, 2.45) is 4.99 Å². The van der Waals surface area contributed by atoms with Crippen LogP contribution in [0.4, 0.5) is 0 Å². The molecule has 2 aliphatic heterocycles. The van der Waals surface area contributed by atoms with Gasteiger partial charge in [-0.25, -0.2) is 4.99 Å². The van der Waals surface area contributed by atoms with E-state index >= 15 is 0 Å². The quantitative estimate of drug-likeness (QED) is 0.564. The van der Waals surface area contributed by atoms with Gasteiger partial charge < -0.3 is 9.64 Å². The van der Waals surface area contributed by atoms with E-state index in [4.69, 9.17) is 4.74 Å². The number of aryl methyl sites for hydroxylation is 1. The van der Waals surface area contributed by atoms with Gasteiger partial charge in [-0.2, -0.15) is 0 Å². The van der Waals surface area contributed by atoms with Crippen molar-refractivity contribution in [3.05, 3.63) is 120 Å². The molecule has 4 nitrogen and oxygen atoms in total. The third-order valence-electron chi connectivity index (χ3n) is 5.38. The van der Waals surface area contributed by atoms with Crippen molar-refractivity contribution in [3.63, 3.8) is 0 Å². The Bertz CT molecular complexity index is 1080. The summed E-state index contributed by atoms with van der Waals surface area (Å²) in [6.07, 6.45) is 1.39. The molecule has 0 N–H and O–H groups in total. The molecule has 0 fully saturated rings. The van der Waals surface area contributed by atoms with E-state index in [-0.39, 0.29) is 12.0 Å². The Morgan fingerprint density at radius 2 is 1.65 bits per heavy atom. The van der Waals surface area contributed by atoms with Crippen molar-refractivity contribution >= 4 is 11.8 Å². The van der Waals surface area contributed by atoms with Gasteiger partial charge in [-0.15, -0.1) is 6.58 Å². The molecule has 0 spiro atoms. The van der Waals surface area contributed by atoms with Crippen molar-refractivity contribution in [3.8, 4) is 0 Å². The van der Waals surface area contributed by atoms with E-state index in [0.29, 0.717) is 19.0 Å². The fraction of sp³-hybridized carbons (Fsp3) is 0.185. The van der Waals surface area contributed by atoms with Crippen LogP contribution >= 0.6 is 0 Å². The Morgan fingerprint density at radius 1 is 1.00 bits per heavy atom. The number of carbonyl (C=O) groups is 1. The van der Waals surface area contributed by atoms with Crippen LogP contribution in [0.25, 0.3) is 0 Å². The van der Waals surface area contributed by atoms with Crippen LogP contribution in [-0.2, 0) is 16.1 Å². The fourth-order valence-corrected chi connectivity index (χ4v) is 3.82. The van der Waals surface area contributed by atoms with Crippen LogP contribution in [0.2, 0.25) is 0 Å². The number of benzene rings is 3. The van der Waals surface area contributed by atoms with E-state index in [0.717, 1.165) is 16.7 Å². The van der Waals surface area contributed by atoms with E-state index in [9.17, 15) is 4.79 Å². The monoisotopic (exact) mass is 410 g/mol. The number of carbonyl (C=O) groups excluding carboxylic acids is 1. The van der Waals surface area contributed by atoms with Gasteiger partial charge in [0, 0.05) is 24.2 Å². The van der Waals surface area contributed by atoms with Gasteiger partial charge in [-0.3, -0.25) is 4.79 Å². The van der Waals surface area contributed by atoms with Gasteiger partial charge in [0.15, 0.2) is 12.1 Å². The standard InChI is InChI=1S/C20H18N2O2.C7H8/c1-2-12-22-13-15-10-6-7-11-16(15)18-17(20(22)23)21-19(24-18)14-8-4-3-5-9-14;1-7-5-3-2-4-6-7/h2-11,17-18H,1,12-13H2;2-6H,1H3. The number of fused-ring (bicyclic) bond motifs is 3. The van der Waals surface area contributed by atoms with E-state index < -0.39 is 6.04 Å². The minimum atomic E-state index is -0.538. The molecule has 3 aromatic carbocycles. The summed E-state index contributed by atoms with van der Waals surface area (Å²) in [5.74, 6) is 0.524. The number of rotatable bonds is 3. The van der Waals surface area contributed by atoms with Crippen LogP contribution in [0.3, 0.4) is 0 Å². The maximum Gasteiger partial charge on any atom is 0.252 e. The average molecular weight is 411 g/mol. The Hall–Kier alpha value is -3.66. The molecule has 0 saturated carbocycles. The first-order chi connectivity index (χ1) is 15.2. The van der Waals surface area contributed by atoms with Gasteiger partial charge in [0.2, 0.25) is 5.90 Å². The first kappa shape index (κ1) is 20.6. The Kier molecular flexibility index (Phi) is 6.27. The molecular weight excluding hydrogens is 384 g/mol. The maximum atomic E-state index is 13.0.